The van der Waals surface area contributed by atoms with E-state index in [4.69, 9.17) is 4.74 Å². The van der Waals surface area contributed by atoms with Gasteiger partial charge in [0.1, 0.15) is 0 Å². The van der Waals surface area contributed by atoms with Crippen molar-refractivity contribution in [2.24, 2.45) is 5.41 Å². The maximum Gasteiger partial charge on any atom is 0.0535 e. The van der Waals surface area contributed by atoms with Crippen LogP contribution in [0.4, 0.5) is 0 Å². The van der Waals surface area contributed by atoms with Gasteiger partial charge in [0.25, 0.3) is 0 Å². The van der Waals surface area contributed by atoms with Gasteiger partial charge in [-0.2, -0.15) is 0 Å². The van der Waals surface area contributed by atoms with Gasteiger partial charge in [0.05, 0.1) is 6.61 Å². The van der Waals surface area contributed by atoms with Gasteiger partial charge in [-0.3, -0.25) is 0 Å². The molecule has 18 heavy (non-hydrogen) atoms. The zero-order valence-corrected chi connectivity index (χ0v) is 12.6. The van der Waals surface area contributed by atoms with Crippen LogP contribution < -0.4 is 5.32 Å². The molecule has 108 valence electrons. The molecule has 0 aromatic heterocycles. The van der Waals surface area contributed by atoms with E-state index in [-0.39, 0.29) is 0 Å². The minimum Gasteiger partial charge on any atom is -0.381 e. The fourth-order valence-electron chi connectivity index (χ4n) is 2.89. The lowest BCUT2D eigenvalue weighted by Gasteiger charge is -2.27. The Morgan fingerprint density at radius 1 is 1.00 bits per heavy atom. The SMILES string of the molecule is CCCCCCCCC1(CNCCC)CCOC1. The van der Waals surface area contributed by atoms with E-state index in [1.54, 1.807) is 0 Å². The molecular formula is C16H33NO. The van der Waals surface area contributed by atoms with Crippen molar-refractivity contribution < 1.29 is 4.74 Å². The number of hydrogen-bond donors (Lipinski definition) is 1. The van der Waals surface area contributed by atoms with Crippen molar-refractivity contribution in [1.29, 1.82) is 0 Å². The van der Waals surface area contributed by atoms with Crippen molar-refractivity contribution in [3.8, 4) is 0 Å². The van der Waals surface area contributed by atoms with E-state index in [9.17, 15) is 0 Å². The van der Waals surface area contributed by atoms with Gasteiger partial charge in [0.2, 0.25) is 0 Å². The van der Waals surface area contributed by atoms with E-state index in [1.165, 1.54) is 57.8 Å². The molecule has 2 nitrogen and oxygen atoms in total. The third kappa shape index (κ3) is 6.19. The Hall–Kier alpha value is -0.0800. The first-order chi connectivity index (χ1) is 8.83. The molecule has 0 aromatic rings. The first-order valence-electron chi connectivity index (χ1n) is 8.11. The molecule has 0 bridgehead atoms. The summed E-state index contributed by atoms with van der Waals surface area (Å²) in [5.41, 5.74) is 0.458. The van der Waals surface area contributed by atoms with Gasteiger partial charge in [0.15, 0.2) is 0 Å². The second-order valence-corrected chi connectivity index (χ2v) is 6.00. The van der Waals surface area contributed by atoms with Crippen molar-refractivity contribution in [2.45, 2.75) is 71.6 Å². The third-order valence-electron chi connectivity index (χ3n) is 4.17. The maximum atomic E-state index is 5.65. The normalized spacial score (nSPS) is 23.7. The summed E-state index contributed by atoms with van der Waals surface area (Å²) in [6.07, 6.45) is 12.3. The number of hydrogen-bond acceptors (Lipinski definition) is 2. The number of ether oxygens (including phenoxy) is 1. The molecule has 1 aliphatic heterocycles. The molecule has 1 N–H and O–H groups in total. The summed E-state index contributed by atoms with van der Waals surface area (Å²) in [6.45, 7) is 8.79. The second kappa shape index (κ2) is 9.80. The van der Waals surface area contributed by atoms with E-state index in [0.29, 0.717) is 5.41 Å². The van der Waals surface area contributed by atoms with Crippen molar-refractivity contribution in [2.75, 3.05) is 26.3 Å². The molecule has 0 spiro atoms. The molecule has 1 aliphatic rings. The first kappa shape index (κ1) is 16.0. The summed E-state index contributed by atoms with van der Waals surface area (Å²) in [7, 11) is 0. The number of rotatable bonds is 11. The molecular weight excluding hydrogens is 222 g/mol. The lowest BCUT2D eigenvalue weighted by molar-refractivity contribution is 0.142. The Bertz CT molecular complexity index is 188. The highest BCUT2D eigenvalue weighted by molar-refractivity contribution is 4.85. The van der Waals surface area contributed by atoms with Crippen LogP contribution in [-0.2, 0) is 4.74 Å². The Morgan fingerprint density at radius 2 is 1.78 bits per heavy atom. The fourth-order valence-corrected chi connectivity index (χ4v) is 2.89. The van der Waals surface area contributed by atoms with E-state index < -0.39 is 0 Å². The highest BCUT2D eigenvalue weighted by Gasteiger charge is 2.33. The van der Waals surface area contributed by atoms with Crippen molar-refractivity contribution >= 4 is 0 Å². The maximum absolute atomic E-state index is 5.65. The molecule has 1 heterocycles. The van der Waals surface area contributed by atoms with Crippen molar-refractivity contribution in [3.05, 3.63) is 0 Å². The molecule has 0 radical (unpaired) electrons. The molecule has 0 amide bonds. The van der Waals surface area contributed by atoms with E-state index in [2.05, 4.69) is 19.2 Å². The van der Waals surface area contributed by atoms with Crippen LogP contribution in [0.25, 0.3) is 0 Å². The van der Waals surface area contributed by atoms with Gasteiger partial charge in [-0.1, -0.05) is 52.4 Å². The van der Waals surface area contributed by atoms with Gasteiger partial charge in [-0.05, 0) is 25.8 Å². The Kier molecular flexibility index (Phi) is 8.70. The average Bonchev–Trinajstić information content (AvgIpc) is 2.83. The average molecular weight is 255 g/mol. The zero-order chi connectivity index (χ0) is 13.1. The van der Waals surface area contributed by atoms with Gasteiger partial charge < -0.3 is 10.1 Å². The van der Waals surface area contributed by atoms with Gasteiger partial charge in [0, 0.05) is 18.6 Å². The third-order valence-corrected chi connectivity index (χ3v) is 4.17. The molecule has 0 aromatic carbocycles. The molecule has 1 fully saturated rings. The van der Waals surface area contributed by atoms with Crippen LogP contribution >= 0.6 is 0 Å². The molecule has 0 saturated carbocycles. The molecule has 1 rings (SSSR count). The molecule has 1 saturated heterocycles. The Morgan fingerprint density at radius 3 is 2.44 bits per heavy atom. The summed E-state index contributed by atoms with van der Waals surface area (Å²) >= 11 is 0. The topological polar surface area (TPSA) is 21.3 Å². The lowest BCUT2D eigenvalue weighted by Crippen LogP contribution is -2.35. The monoisotopic (exact) mass is 255 g/mol. The highest BCUT2D eigenvalue weighted by Crippen LogP contribution is 2.33. The minimum atomic E-state index is 0.458. The van der Waals surface area contributed by atoms with Crippen molar-refractivity contribution in [3.63, 3.8) is 0 Å². The standard InChI is InChI=1S/C16H33NO/c1-3-5-6-7-8-9-10-16(11-13-18-15-16)14-17-12-4-2/h17H,3-15H2,1-2H3. The van der Waals surface area contributed by atoms with Gasteiger partial charge in [-0.15, -0.1) is 0 Å². The first-order valence-corrected chi connectivity index (χ1v) is 8.11. The molecule has 2 heteroatoms. The van der Waals surface area contributed by atoms with Crippen molar-refractivity contribution in [1.82, 2.24) is 5.32 Å². The smallest absolute Gasteiger partial charge is 0.0535 e. The van der Waals surface area contributed by atoms with Crippen LogP contribution in [0.3, 0.4) is 0 Å². The van der Waals surface area contributed by atoms with Crippen LogP contribution in [0.5, 0.6) is 0 Å². The molecule has 0 aliphatic carbocycles. The van der Waals surface area contributed by atoms with E-state index in [1.807, 2.05) is 0 Å². The summed E-state index contributed by atoms with van der Waals surface area (Å²) < 4.78 is 5.65. The summed E-state index contributed by atoms with van der Waals surface area (Å²) in [4.78, 5) is 0. The minimum absolute atomic E-state index is 0.458. The lowest BCUT2D eigenvalue weighted by atomic mass is 9.81. The molecule has 1 atom stereocenters. The second-order valence-electron chi connectivity index (χ2n) is 6.00. The van der Waals surface area contributed by atoms with Crippen LogP contribution in [0.2, 0.25) is 0 Å². The predicted octanol–water partition coefficient (Wildman–Crippen LogP) is 4.14. The summed E-state index contributed by atoms with van der Waals surface area (Å²) in [6, 6.07) is 0. The predicted molar refractivity (Wildman–Crippen MR) is 79.0 cm³/mol. The summed E-state index contributed by atoms with van der Waals surface area (Å²) in [5, 5.41) is 3.60. The fraction of sp³-hybridized carbons (Fsp3) is 1.00. The number of nitrogens with one attached hydrogen (secondary N) is 1. The quantitative estimate of drug-likeness (QED) is 0.560. The zero-order valence-electron chi connectivity index (χ0n) is 12.6. The highest BCUT2D eigenvalue weighted by atomic mass is 16.5. The summed E-state index contributed by atoms with van der Waals surface area (Å²) in [5.74, 6) is 0. The van der Waals surface area contributed by atoms with Gasteiger partial charge in [-0.25, -0.2) is 0 Å². The van der Waals surface area contributed by atoms with Crippen LogP contribution in [0.1, 0.15) is 71.6 Å². The van der Waals surface area contributed by atoms with E-state index >= 15 is 0 Å². The van der Waals surface area contributed by atoms with Crippen LogP contribution in [-0.4, -0.2) is 26.3 Å². The van der Waals surface area contributed by atoms with E-state index in [0.717, 1.165) is 26.3 Å². The number of unbranched alkanes of at least 4 members (excludes halogenated alkanes) is 5. The Balaban J connectivity index is 2.13. The van der Waals surface area contributed by atoms with Crippen LogP contribution in [0.15, 0.2) is 0 Å². The Labute approximate surface area is 114 Å². The van der Waals surface area contributed by atoms with Crippen LogP contribution in [0, 0.1) is 5.41 Å². The van der Waals surface area contributed by atoms with Gasteiger partial charge >= 0.3 is 0 Å². The largest absolute Gasteiger partial charge is 0.381 e. The molecule has 1 unspecified atom stereocenters.